The maximum Gasteiger partial charge on any atom is 0.250 e. The highest BCUT2D eigenvalue weighted by molar-refractivity contribution is 5.35. The van der Waals surface area contributed by atoms with Crippen molar-refractivity contribution in [2.24, 2.45) is 5.73 Å². The lowest BCUT2D eigenvalue weighted by Crippen LogP contribution is -2.53. The van der Waals surface area contributed by atoms with Crippen LogP contribution in [0.5, 0.6) is 0 Å². The molecule has 0 atom stereocenters. The van der Waals surface area contributed by atoms with Crippen molar-refractivity contribution in [3.05, 3.63) is 35.4 Å². The molecule has 17 heavy (non-hydrogen) atoms. The van der Waals surface area contributed by atoms with Crippen molar-refractivity contribution in [2.75, 3.05) is 6.54 Å². The van der Waals surface area contributed by atoms with Gasteiger partial charge in [-0.15, -0.1) is 0 Å². The Kier molecular flexibility index (Phi) is 2.31. The van der Waals surface area contributed by atoms with Crippen LogP contribution in [0.25, 0.3) is 0 Å². The Morgan fingerprint density at radius 2 is 1.71 bits per heavy atom. The van der Waals surface area contributed by atoms with Crippen molar-refractivity contribution in [3.63, 3.8) is 0 Å². The zero-order chi connectivity index (χ0) is 12.1. The molecule has 1 aromatic rings. The molecule has 0 amide bonds. The summed E-state index contributed by atoms with van der Waals surface area (Å²) >= 11 is 0. The zero-order valence-corrected chi connectivity index (χ0v) is 9.76. The topological polar surface area (TPSA) is 26.0 Å². The molecule has 0 unspecified atom stereocenters. The highest BCUT2D eigenvalue weighted by Gasteiger charge is 2.56. The van der Waals surface area contributed by atoms with Gasteiger partial charge in [-0.3, -0.25) is 0 Å². The van der Waals surface area contributed by atoms with Gasteiger partial charge in [0.2, 0.25) is 5.92 Å². The maximum absolute atomic E-state index is 13.1. The number of hydrogen-bond acceptors (Lipinski definition) is 1. The van der Waals surface area contributed by atoms with E-state index in [1.165, 1.54) is 18.4 Å². The average molecular weight is 237 g/mol. The first kappa shape index (κ1) is 11.1. The number of benzene rings is 1. The Morgan fingerprint density at radius 1 is 1.12 bits per heavy atom. The van der Waals surface area contributed by atoms with E-state index in [0.29, 0.717) is 12.5 Å². The van der Waals surface area contributed by atoms with E-state index in [1.54, 1.807) is 0 Å². The summed E-state index contributed by atoms with van der Waals surface area (Å²) in [6.07, 6.45) is 2.33. The molecule has 1 aromatic carbocycles. The number of rotatable bonds is 3. The van der Waals surface area contributed by atoms with Gasteiger partial charge in [0.15, 0.2) is 0 Å². The van der Waals surface area contributed by atoms with Gasteiger partial charge in [0.05, 0.1) is 0 Å². The highest BCUT2D eigenvalue weighted by atomic mass is 19.3. The molecule has 0 spiro atoms. The average Bonchev–Trinajstić information content (AvgIpc) is 3.09. The molecule has 0 radical (unpaired) electrons. The molecule has 0 bridgehead atoms. The van der Waals surface area contributed by atoms with Gasteiger partial charge in [-0.05, 0) is 29.9 Å². The molecule has 92 valence electrons. The third kappa shape index (κ3) is 1.86. The van der Waals surface area contributed by atoms with Gasteiger partial charge >= 0.3 is 0 Å². The first-order chi connectivity index (χ1) is 8.05. The standard InChI is InChI=1S/C14H17F2N/c15-14(16)7-13(8-14,9-17)12-5-3-11(4-6-12)10-1-2-10/h3-6,10H,1-2,7-9,17H2. The molecule has 2 N–H and O–H groups in total. The fraction of sp³-hybridized carbons (Fsp3) is 0.571. The lowest BCUT2D eigenvalue weighted by atomic mass is 9.62. The molecule has 2 fully saturated rings. The van der Waals surface area contributed by atoms with Gasteiger partial charge in [-0.2, -0.15) is 0 Å². The van der Waals surface area contributed by atoms with Crippen LogP contribution in [-0.2, 0) is 5.41 Å². The molecule has 3 rings (SSSR count). The third-order valence-corrected chi connectivity index (χ3v) is 4.16. The Hall–Kier alpha value is -0.960. The summed E-state index contributed by atoms with van der Waals surface area (Å²) in [5.41, 5.74) is 7.54. The van der Waals surface area contributed by atoms with E-state index in [0.717, 1.165) is 5.56 Å². The second kappa shape index (κ2) is 3.52. The first-order valence-corrected chi connectivity index (χ1v) is 6.23. The van der Waals surface area contributed by atoms with Crippen molar-refractivity contribution >= 4 is 0 Å². The molecule has 0 aromatic heterocycles. The molecule has 2 saturated carbocycles. The molecule has 1 nitrogen and oxygen atoms in total. The van der Waals surface area contributed by atoms with Crippen LogP contribution in [0, 0.1) is 0 Å². The molecule has 0 saturated heterocycles. The Balaban J connectivity index is 1.82. The zero-order valence-electron chi connectivity index (χ0n) is 9.76. The summed E-state index contributed by atoms with van der Waals surface area (Å²) in [5, 5.41) is 0. The number of hydrogen-bond donors (Lipinski definition) is 1. The molecule has 0 heterocycles. The molecular weight excluding hydrogens is 220 g/mol. The largest absolute Gasteiger partial charge is 0.330 e. The molecule has 2 aliphatic rings. The van der Waals surface area contributed by atoms with Crippen LogP contribution >= 0.6 is 0 Å². The smallest absolute Gasteiger partial charge is 0.250 e. The minimum Gasteiger partial charge on any atom is -0.330 e. The van der Waals surface area contributed by atoms with E-state index in [-0.39, 0.29) is 12.8 Å². The quantitative estimate of drug-likeness (QED) is 0.858. The van der Waals surface area contributed by atoms with Crippen LogP contribution in [0.2, 0.25) is 0 Å². The summed E-state index contributed by atoms with van der Waals surface area (Å²) in [7, 11) is 0. The van der Waals surface area contributed by atoms with E-state index >= 15 is 0 Å². The molecule has 0 aliphatic heterocycles. The monoisotopic (exact) mass is 237 g/mol. The lowest BCUT2D eigenvalue weighted by molar-refractivity contribution is -0.123. The maximum atomic E-state index is 13.1. The predicted octanol–water partition coefficient (Wildman–Crippen LogP) is 3.19. The van der Waals surface area contributed by atoms with Gasteiger partial charge in [0.1, 0.15) is 0 Å². The van der Waals surface area contributed by atoms with E-state index in [9.17, 15) is 8.78 Å². The van der Waals surface area contributed by atoms with Gasteiger partial charge < -0.3 is 5.73 Å². The van der Waals surface area contributed by atoms with Crippen molar-refractivity contribution < 1.29 is 8.78 Å². The van der Waals surface area contributed by atoms with Crippen molar-refractivity contribution in [3.8, 4) is 0 Å². The Morgan fingerprint density at radius 3 is 2.12 bits per heavy atom. The predicted molar refractivity (Wildman–Crippen MR) is 63.3 cm³/mol. The van der Waals surface area contributed by atoms with Gasteiger partial charge in [-0.25, -0.2) is 8.78 Å². The van der Waals surface area contributed by atoms with Crippen LogP contribution in [0.1, 0.15) is 42.7 Å². The summed E-state index contributed by atoms with van der Waals surface area (Å²) in [6.45, 7) is 0.311. The second-order valence-electron chi connectivity index (χ2n) is 5.59. The van der Waals surface area contributed by atoms with Crippen molar-refractivity contribution in [1.29, 1.82) is 0 Å². The molecule has 3 heteroatoms. The fourth-order valence-electron chi connectivity index (χ4n) is 2.93. The summed E-state index contributed by atoms with van der Waals surface area (Å²) in [5.74, 6) is -1.81. The van der Waals surface area contributed by atoms with Gasteiger partial charge in [0, 0.05) is 24.8 Å². The Labute approximate surface area is 100 Å². The van der Waals surface area contributed by atoms with Crippen LogP contribution < -0.4 is 5.73 Å². The van der Waals surface area contributed by atoms with Crippen LogP contribution in [0.4, 0.5) is 8.78 Å². The summed E-state index contributed by atoms with van der Waals surface area (Å²) in [6, 6.07) is 8.16. The van der Waals surface area contributed by atoms with Crippen molar-refractivity contribution in [2.45, 2.75) is 42.9 Å². The summed E-state index contributed by atoms with van der Waals surface area (Å²) in [4.78, 5) is 0. The third-order valence-electron chi connectivity index (χ3n) is 4.16. The van der Waals surface area contributed by atoms with E-state index in [1.807, 2.05) is 12.1 Å². The normalized spacial score (nSPS) is 25.4. The fourth-order valence-corrected chi connectivity index (χ4v) is 2.93. The van der Waals surface area contributed by atoms with Crippen LogP contribution in [0.3, 0.4) is 0 Å². The first-order valence-electron chi connectivity index (χ1n) is 6.23. The highest BCUT2D eigenvalue weighted by Crippen LogP contribution is 2.53. The van der Waals surface area contributed by atoms with E-state index in [4.69, 9.17) is 5.73 Å². The number of alkyl halides is 2. The SMILES string of the molecule is NCC1(c2ccc(C3CC3)cc2)CC(F)(F)C1. The number of nitrogens with two attached hydrogens (primary N) is 1. The van der Waals surface area contributed by atoms with Crippen molar-refractivity contribution in [1.82, 2.24) is 0 Å². The van der Waals surface area contributed by atoms with E-state index < -0.39 is 11.3 Å². The number of halogens is 2. The van der Waals surface area contributed by atoms with Crippen LogP contribution in [0.15, 0.2) is 24.3 Å². The Bertz CT molecular complexity index is 412. The molecule has 2 aliphatic carbocycles. The van der Waals surface area contributed by atoms with E-state index in [2.05, 4.69) is 12.1 Å². The van der Waals surface area contributed by atoms with Crippen LogP contribution in [-0.4, -0.2) is 12.5 Å². The minimum absolute atomic E-state index is 0.0979. The second-order valence-corrected chi connectivity index (χ2v) is 5.59. The van der Waals surface area contributed by atoms with Gasteiger partial charge in [0.25, 0.3) is 0 Å². The minimum atomic E-state index is -2.52. The lowest BCUT2D eigenvalue weighted by Gasteiger charge is -2.47. The molecular formula is C14H17F2N. The van der Waals surface area contributed by atoms with Gasteiger partial charge in [-0.1, -0.05) is 24.3 Å². The summed E-state index contributed by atoms with van der Waals surface area (Å²) < 4.78 is 26.1.